The third kappa shape index (κ3) is 4.74. The summed E-state index contributed by atoms with van der Waals surface area (Å²) in [6.07, 6.45) is 7.55. The molecule has 0 heterocycles. The molecule has 1 fully saturated rings. The number of aryl methyl sites for hydroxylation is 1. The largest absolute Gasteiger partial charge is 0.489 e. The molecule has 0 amide bonds. The topological polar surface area (TPSA) is 21.3 Å². The normalized spacial score (nSPS) is 24.8. The molecule has 21 heavy (non-hydrogen) atoms. The molecule has 1 aliphatic rings. The first-order chi connectivity index (χ1) is 10.0. The first-order valence-electron chi connectivity index (χ1n) is 8.47. The Morgan fingerprint density at radius 1 is 1.24 bits per heavy atom. The van der Waals surface area contributed by atoms with Gasteiger partial charge in [-0.2, -0.15) is 0 Å². The van der Waals surface area contributed by atoms with Crippen LogP contribution in [-0.2, 0) is 6.42 Å². The van der Waals surface area contributed by atoms with Crippen LogP contribution in [0.5, 0.6) is 5.75 Å². The van der Waals surface area contributed by atoms with Gasteiger partial charge in [-0.3, -0.25) is 0 Å². The third-order valence-corrected chi connectivity index (χ3v) is 4.74. The van der Waals surface area contributed by atoms with E-state index in [-0.39, 0.29) is 6.10 Å². The second-order valence-corrected chi connectivity index (χ2v) is 7.21. The van der Waals surface area contributed by atoms with E-state index in [1.54, 1.807) is 0 Å². The third-order valence-electron chi connectivity index (χ3n) is 4.74. The van der Waals surface area contributed by atoms with Crippen molar-refractivity contribution in [1.82, 2.24) is 5.32 Å². The van der Waals surface area contributed by atoms with Gasteiger partial charge in [0.1, 0.15) is 11.9 Å². The first kappa shape index (κ1) is 16.4. The van der Waals surface area contributed by atoms with E-state index in [0.717, 1.165) is 12.2 Å². The first-order valence-corrected chi connectivity index (χ1v) is 8.47. The van der Waals surface area contributed by atoms with Crippen LogP contribution in [0.25, 0.3) is 0 Å². The SMILES string of the molecule is CCCCc1ccc(OC2CC(C)(C)CCC2NC)cc1. The summed E-state index contributed by atoms with van der Waals surface area (Å²) in [5, 5.41) is 3.43. The van der Waals surface area contributed by atoms with Gasteiger partial charge < -0.3 is 10.1 Å². The van der Waals surface area contributed by atoms with Gasteiger partial charge in [0.15, 0.2) is 0 Å². The van der Waals surface area contributed by atoms with Gasteiger partial charge in [0.05, 0.1) is 0 Å². The summed E-state index contributed by atoms with van der Waals surface area (Å²) in [6, 6.07) is 9.18. The van der Waals surface area contributed by atoms with Crippen LogP contribution in [0.1, 0.15) is 58.4 Å². The van der Waals surface area contributed by atoms with Crippen molar-refractivity contribution in [2.24, 2.45) is 5.41 Å². The molecule has 2 heteroatoms. The van der Waals surface area contributed by atoms with E-state index in [4.69, 9.17) is 4.74 Å². The Morgan fingerprint density at radius 2 is 1.95 bits per heavy atom. The molecule has 0 saturated heterocycles. The van der Waals surface area contributed by atoms with Crippen molar-refractivity contribution in [2.45, 2.75) is 71.4 Å². The Balaban J connectivity index is 1.98. The molecule has 2 rings (SSSR count). The number of hydrogen-bond donors (Lipinski definition) is 1. The average molecular weight is 289 g/mol. The molecule has 1 aliphatic carbocycles. The van der Waals surface area contributed by atoms with Crippen LogP contribution in [0.2, 0.25) is 0 Å². The van der Waals surface area contributed by atoms with Crippen molar-refractivity contribution < 1.29 is 4.74 Å². The lowest BCUT2D eigenvalue weighted by Gasteiger charge is -2.40. The minimum atomic E-state index is 0.278. The van der Waals surface area contributed by atoms with Crippen molar-refractivity contribution in [3.05, 3.63) is 29.8 Å². The van der Waals surface area contributed by atoms with Crippen LogP contribution in [0.3, 0.4) is 0 Å². The van der Waals surface area contributed by atoms with Crippen molar-refractivity contribution in [3.8, 4) is 5.75 Å². The van der Waals surface area contributed by atoms with E-state index >= 15 is 0 Å². The number of rotatable bonds is 6. The highest BCUT2D eigenvalue weighted by Gasteiger charge is 2.35. The maximum absolute atomic E-state index is 6.29. The molecular weight excluding hydrogens is 258 g/mol. The fourth-order valence-corrected chi connectivity index (χ4v) is 3.27. The molecule has 1 N–H and O–H groups in total. The van der Waals surface area contributed by atoms with E-state index < -0.39 is 0 Å². The molecule has 1 aromatic carbocycles. The predicted molar refractivity (Wildman–Crippen MR) is 89.9 cm³/mol. The van der Waals surface area contributed by atoms with E-state index in [1.165, 1.54) is 37.7 Å². The van der Waals surface area contributed by atoms with Crippen molar-refractivity contribution in [1.29, 1.82) is 0 Å². The maximum atomic E-state index is 6.29. The van der Waals surface area contributed by atoms with E-state index in [0.29, 0.717) is 11.5 Å². The van der Waals surface area contributed by atoms with Crippen LogP contribution in [0.15, 0.2) is 24.3 Å². The van der Waals surface area contributed by atoms with Gasteiger partial charge in [-0.1, -0.05) is 39.3 Å². The van der Waals surface area contributed by atoms with Gasteiger partial charge in [-0.15, -0.1) is 0 Å². The van der Waals surface area contributed by atoms with Gasteiger partial charge >= 0.3 is 0 Å². The second kappa shape index (κ2) is 7.31. The smallest absolute Gasteiger partial charge is 0.119 e. The summed E-state index contributed by atoms with van der Waals surface area (Å²) < 4.78 is 6.29. The molecule has 0 radical (unpaired) electrons. The molecule has 0 bridgehead atoms. The summed E-state index contributed by atoms with van der Waals surface area (Å²) in [7, 11) is 2.05. The lowest BCUT2D eigenvalue weighted by Crippen LogP contribution is -2.47. The highest BCUT2D eigenvalue weighted by atomic mass is 16.5. The Bertz CT molecular complexity index is 424. The van der Waals surface area contributed by atoms with Crippen LogP contribution in [-0.4, -0.2) is 19.2 Å². The maximum Gasteiger partial charge on any atom is 0.119 e. The summed E-state index contributed by atoms with van der Waals surface area (Å²) in [5.41, 5.74) is 1.80. The number of likely N-dealkylation sites (N-methyl/N-ethyl adjacent to an activating group) is 1. The summed E-state index contributed by atoms with van der Waals surface area (Å²) in [6.45, 7) is 6.94. The molecule has 2 atom stereocenters. The molecule has 2 nitrogen and oxygen atoms in total. The number of benzene rings is 1. The highest BCUT2D eigenvalue weighted by molar-refractivity contribution is 5.27. The zero-order chi connectivity index (χ0) is 15.3. The fourth-order valence-electron chi connectivity index (χ4n) is 3.27. The van der Waals surface area contributed by atoms with Crippen molar-refractivity contribution in [2.75, 3.05) is 7.05 Å². The molecule has 1 aromatic rings. The van der Waals surface area contributed by atoms with Crippen LogP contribution in [0.4, 0.5) is 0 Å². The number of unbranched alkanes of at least 4 members (excludes halogenated alkanes) is 1. The Labute approximate surface area is 130 Å². The predicted octanol–water partition coefficient (Wildman–Crippen LogP) is 4.57. The van der Waals surface area contributed by atoms with Crippen LogP contribution in [0, 0.1) is 5.41 Å². The van der Waals surface area contributed by atoms with Gasteiger partial charge in [0.25, 0.3) is 0 Å². The van der Waals surface area contributed by atoms with E-state index in [9.17, 15) is 0 Å². The minimum Gasteiger partial charge on any atom is -0.489 e. The molecule has 2 unspecified atom stereocenters. The van der Waals surface area contributed by atoms with Crippen LogP contribution >= 0.6 is 0 Å². The Kier molecular flexibility index (Phi) is 5.69. The molecule has 1 saturated carbocycles. The molecule has 118 valence electrons. The van der Waals surface area contributed by atoms with Gasteiger partial charge in [0, 0.05) is 6.04 Å². The lowest BCUT2D eigenvalue weighted by molar-refractivity contribution is 0.0559. The number of nitrogens with one attached hydrogen (secondary N) is 1. The quantitative estimate of drug-likeness (QED) is 0.828. The fraction of sp³-hybridized carbons (Fsp3) is 0.684. The second-order valence-electron chi connectivity index (χ2n) is 7.21. The summed E-state index contributed by atoms with van der Waals surface area (Å²) >= 11 is 0. The minimum absolute atomic E-state index is 0.278. The van der Waals surface area contributed by atoms with Gasteiger partial charge in [-0.05, 0) is 62.3 Å². The Hall–Kier alpha value is -1.02. The standard InChI is InChI=1S/C19H31NO/c1-5-6-7-15-8-10-16(11-9-15)21-18-14-19(2,3)13-12-17(18)20-4/h8-11,17-18,20H,5-7,12-14H2,1-4H3. The van der Waals surface area contributed by atoms with Gasteiger partial charge in [0.2, 0.25) is 0 Å². The molecule has 0 spiro atoms. The molecule has 0 aromatic heterocycles. The van der Waals surface area contributed by atoms with E-state index in [2.05, 4.69) is 50.4 Å². The molecule has 0 aliphatic heterocycles. The Morgan fingerprint density at radius 3 is 2.57 bits per heavy atom. The number of hydrogen-bond acceptors (Lipinski definition) is 2. The lowest BCUT2D eigenvalue weighted by atomic mass is 9.74. The van der Waals surface area contributed by atoms with Crippen molar-refractivity contribution >= 4 is 0 Å². The monoisotopic (exact) mass is 289 g/mol. The molecular formula is C19H31NO. The van der Waals surface area contributed by atoms with Crippen LogP contribution < -0.4 is 10.1 Å². The zero-order valence-electron chi connectivity index (χ0n) is 14.1. The van der Waals surface area contributed by atoms with Crippen molar-refractivity contribution in [3.63, 3.8) is 0 Å². The number of ether oxygens (including phenoxy) is 1. The van der Waals surface area contributed by atoms with E-state index in [1.807, 2.05) is 7.05 Å². The summed E-state index contributed by atoms with van der Waals surface area (Å²) in [4.78, 5) is 0. The average Bonchev–Trinajstić information content (AvgIpc) is 2.46. The summed E-state index contributed by atoms with van der Waals surface area (Å²) in [5.74, 6) is 1.01. The zero-order valence-corrected chi connectivity index (χ0v) is 14.1. The van der Waals surface area contributed by atoms with Gasteiger partial charge in [-0.25, -0.2) is 0 Å². The highest BCUT2D eigenvalue weighted by Crippen LogP contribution is 2.37.